The lowest BCUT2D eigenvalue weighted by atomic mass is 10.1. The zero-order valence-electron chi connectivity index (χ0n) is 13.2. The summed E-state index contributed by atoms with van der Waals surface area (Å²) in [6.45, 7) is 7.27. The molecule has 112 valence electrons. The Bertz CT molecular complexity index is 536. The Labute approximate surface area is 128 Å². The highest BCUT2D eigenvalue weighted by atomic mass is 16.5. The van der Waals surface area contributed by atoms with Gasteiger partial charge >= 0.3 is 0 Å². The Hall–Kier alpha value is -1.80. The molecule has 0 spiro atoms. The number of rotatable bonds is 7. The molecule has 0 amide bonds. The molecule has 1 atom stereocenters. The van der Waals surface area contributed by atoms with Crippen molar-refractivity contribution >= 4 is 0 Å². The lowest BCUT2D eigenvalue weighted by Gasteiger charge is -2.20. The topological polar surface area (TPSA) is 21.3 Å². The molecule has 0 fully saturated rings. The van der Waals surface area contributed by atoms with E-state index in [0.29, 0.717) is 0 Å². The van der Waals surface area contributed by atoms with Crippen LogP contribution >= 0.6 is 0 Å². The predicted molar refractivity (Wildman–Crippen MR) is 88.8 cm³/mol. The highest BCUT2D eigenvalue weighted by Crippen LogP contribution is 2.25. The molecule has 0 saturated carbocycles. The fraction of sp³-hybridized carbons (Fsp3) is 0.368. The van der Waals surface area contributed by atoms with E-state index >= 15 is 0 Å². The van der Waals surface area contributed by atoms with Crippen molar-refractivity contribution in [2.75, 3.05) is 6.54 Å². The third kappa shape index (κ3) is 4.91. The lowest BCUT2D eigenvalue weighted by molar-refractivity contribution is 0.238. The van der Waals surface area contributed by atoms with Crippen molar-refractivity contribution in [3.05, 3.63) is 65.7 Å². The molecule has 2 heteroatoms. The van der Waals surface area contributed by atoms with Gasteiger partial charge in [0.05, 0.1) is 6.10 Å². The second kappa shape index (κ2) is 7.84. The van der Waals surface area contributed by atoms with Crippen molar-refractivity contribution < 1.29 is 4.74 Å². The van der Waals surface area contributed by atoms with Gasteiger partial charge in [0, 0.05) is 11.6 Å². The fourth-order valence-corrected chi connectivity index (χ4v) is 2.39. The van der Waals surface area contributed by atoms with E-state index in [1.165, 1.54) is 11.1 Å². The molecule has 0 aliphatic carbocycles. The van der Waals surface area contributed by atoms with E-state index in [-0.39, 0.29) is 12.1 Å². The molecule has 2 aromatic carbocycles. The van der Waals surface area contributed by atoms with E-state index in [1.807, 2.05) is 12.1 Å². The summed E-state index contributed by atoms with van der Waals surface area (Å²) in [4.78, 5) is 0. The van der Waals surface area contributed by atoms with Crippen molar-refractivity contribution in [2.24, 2.45) is 0 Å². The molecule has 0 heterocycles. The molecule has 0 aliphatic heterocycles. The van der Waals surface area contributed by atoms with Gasteiger partial charge in [0.2, 0.25) is 0 Å². The average Bonchev–Trinajstić information content (AvgIpc) is 2.48. The van der Waals surface area contributed by atoms with Gasteiger partial charge in [-0.05, 0) is 45.4 Å². The van der Waals surface area contributed by atoms with Crippen LogP contribution in [0.3, 0.4) is 0 Å². The SMILES string of the molecule is CC(C)Oc1ccccc1C(C)NCCc1ccccc1. The molecule has 2 rings (SSSR count). The molecular weight excluding hydrogens is 258 g/mol. The van der Waals surface area contributed by atoms with E-state index in [2.05, 4.69) is 68.6 Å². The minimum atomic E-state index is 0.197. The van der Waals surface area contributed by atoms with Crippen molar-refractivity contribution in [1.29, 1.82) is 0 Å². The summed E-state index contributed by atoms with van der Waals surface area (Å²) in [6.07, 6.45) is 1.24. The van der Waals surface area contributed by atoms with Gasteiger partial charge in [0.25, 0.3) is 0 Å². The van der Waals surface area contributed by atoms with Gasteiger partial charge in [-0.25, -0.2) is 0 Å². The van der Waals surface area contributed by atoms with Crippen LogP contribution in [-0.2, 0) is 6.42 Å². The normalized spacial score (nSPS) is 12.4. The van der Waals surface area contributed by atoms with Gasteiger partial charge in [0.15, 0.2) is 0 Å². The summed E-state index contributed by atoms with van der Waals surface area (Å²) < 4.78 is 5.89. The first kappa shape index (κ1) is 15.6. The van der Waals surface area contributed by atoms with E-state index in [0.717, 1.165) is 18.7 Å². The maximum absolute atomic E-state index is 5.89. The Morgan fingerprint density at radius 2 is 1.57 bits per heavy atom. The van der Waals surface area contributed by atoms with Gasteiger partial charge in [-0.1, -0.05) is 48.5 Å². The van der Waals surface area contributed by atoms with Gasteiger partial charge in [-0.3, -0.25) is 0 Å². The van der Waals surface area contributed by atoms with Gasteiger partial charge in [-0.15, -0.1) is 0 Å². The van der Waals surface area contributed by atoms with E-state index in [9.17, 15) is 0 Å². The monoisotopic (exact) mass is 283 g/mol. The number of hydrogen-bond acceptors (Lipinski definition) is 2. The Kier molecular flexibility index (Phi) is 5.82. The standard InChI is InChI=1S/C19H25NO/c1-15(2)21-19-12-8-7-11-18(19)16(3)20-14-13-17-9-5-4-6-10-17/h4-12,15-16,20H,13-14H2,1-3H3. The molecule has 1 unspecified atom stereocenters. The highest BCUT2D eigenvalue weighted by Gasteiger charge is 2.11. The van der Waals surface area contributed by atoms with Crippen LogP contribution in [0.25, 0.3) is 0 Å². The third-order valence-corrected chi connectivity index (χ3v) is 3.46. The second-order valence-electron chi connectivity index (χ2n) is 5.62. The quantitative estimate of drug-likeness (QED) is 0.815. The number of benzene rings is 2. The smallest absolute Gasteiger partial charge is 0.124 e. The second-order valence-corrected chi connectivity index (χ2v) is 5.62. The first-order valence-electron chi connectivity index (χ1n) is 7.69. The molecule has 0 aliphatic rings. The van der Waals surface area contributed by atoms with Crippen LogP contribution in [0.15, 0.2) is 54.6 Å². The zero-order valence-corrected chi connectivity index (χ0v) is 13.2. The van der Waals surface area contributed by atoms with Crippen LogP contribution in [0.1, 0.15) is 37.9 Å². The third-order valence-electron chi connectivity index (χ3n) is 3.46. The summed E-state index contributed by atoms with van der Waals surface area (Å²) in [5.74, 6) is 0.979. The van der Waals surface area contributed by atoms with Crippen LogP contribution in [0.2, 0.25) is 0 Å². The summed E-state index contributed by atoms with van der Waals surface area (Å²) in [5, 5.41) is 3.58. The Morgan fingerprint density at radius 1 is 0.905 bits per heavy atom. The van der Waals surface area contributed by atoms with E-state index in [1.54, 1.807) is 0 Å². The number of para-hydroxylation sites is 1. The van der Waals surface area contributed by atoms with Crippen LogP contribution in [0, 0.1) is 0 Å². The fourth-order valence-electron chi connectivity index (χ4n) is 2.39. The largest absolute Gasteiger partial charge is 0.491 e. The lowest BCUT2D eigenvalue weighted by Crippen LogP contribution is -2.22. The molecule has 21 heavy (non-hydrogen) atoms. The zero-order chi connectivity index (χ0) is 15.1. The molecular formula is C19H25NO. The number of ether oxygens (including phenoxy) is 1. The van der Waals surface area contributed by atoms with Crippen molar-refractivity contribution in [3.63, 3.8) is 0 Å². The molecule has 0 aromatic heterocycles. The van der Waals surface area contributed by atoms with Crippen molar-refractivity contribution in [1.82, 2.24) is 5.32 Å². The molecule has 2 nitrogen and oxygen atoms in total. The molecule has 1 N–H and O–H groups in total. The molecule has 0 saturated heterocycles. The Morgan fingerprint density at radius 3 is 2.29 bits per heavy atom. The summed E-state index contributed by atoms with van der Waals surface area (Å²) in [6, 6.07) is 19.1. The predicted octanol–water partition coefficient (Wildman–Crippen LogP) is 4.37. The average molecular weight is 283 g/mol. The number of hydrogen-bond donors (Lipinski definition) is 1. The first-order chi connectivity index (χ1) is 10.2. The molecule has 0 bridgehead atoms. The van der Waals surface area contributed by atoms with E-state index < -0.39 is 0 Å². The maximum atomic E-state index is 5.89. The molecule has 0 radical (unpaired) electrons. The molecule has 2 aromatic rings. The summed E-state index contributed by atoms with van der Waals surface area (Å²) in [5.41, 5.74) is 2.59. The summed E-state index contributed by atoms with van der Waals surface area (Å²) >= 11 is 0. The number of nitrogens with one attached hydrogen (secondary N) is 1. The van der Waals surface area contributed by atoms with Gasteiger partial charge < -0.3 is 10.1 Å². The maximum Gasteiger partial charge on any atom is 0.124 e. The Balaban J connectivity index is 1.92. The van der Waals surface area contributed by atoms with Crippen LogP contribution in [0.4, 0.5) is 0 Å². The van der Waals surface area contributed by atoms with Crippen LogP contribution in [0.5, 0.6) is 5.75 Å². The minimum Gasteiger partial charge on any atom is -0.491 e. The van der Waals surface area contributed by atoms with Crippen molar-refractivity contribution in [2.45, 2.75) is 39.3 Å². The minimum absolute atomic E-state index is 0.197. The van der Waals surface area contributed by atoms with Crippen LogP contribution in [-0.4, -0.2) is 12.6 Å². The summed E-state index contributed by atoms with van der Waals surface area (Å²) in [7, 11) is 0. The van der Waals surface area contributed by atoms with Crippen LogP contribution < -0.4 is 10.1 Å². The van der Waals surface area contributed by atoms with Crippen molar-refractivity contribution in [3.8, 4) is 5.75 Å². The highest BCUT2D eigenvalue weighted by molar-refractivity contribution is 5.35. The van der Waals surface area contributed by atoms with Gasteiger partial charge in [-0.2, -0.15) is 0 Å². The first-order valence-corrected chi connectivity index (χ1v) is 7.69. The van der Waals surface area contributed by atoms with E-state index in [4.69, 9.17) is 4.74 Å². The van der Waals surface area contributed by atoms with Gasteiger partial charge in [0.1, 0.15) is 5.75 Å².